The fraction of sp³-hybridized carbons (Fsp3) is 0.118. The van der Waals surface area contributed by atoms with Crippen LogP contribution in [-0.2, 0) is 0 Å². The van der Waals surface area contributed by atoms with Gasteiger partial charge in [0.1, 0.15) is 6.10 Å². The maximum absolute atomic E-state index is 10.6. The smallest absolute Gasteiger partial charge is 0.105 e. The van der Waals surface area contributed by atoms with E-state index in [1.165, 1.54) is 5.56 Å². The lowest BCUT2D eigenvalue weighted by molar-refractivity contribution is 0.222. The van der Waals surface area contributed by atoms with E-state index < -0.39 is 6.10 Å². The largest absolute Gasteiger partial charge is 0.384 e. The van der Waals surface area contributed by atoms with E-state index >= 15 is 0 Å². The first kappa shape index (κ1) is 11.9. The molecule has 1 heterocycles. The van der Waals surface area contributed by atoms with Crippen molar-refractivity contribution in [3.8, 4) is 0 Å². The molecule has 2 aromatic carbocycles. The lowest BCUT2D eigenvalue weighted by Gasteiger charge is -2.14. The van der Waals surface area contributed by atoms with Crippen molar-refractivity contribution in [1.29, 1.82) is 0 Å². The molecule has 0 saturated carbocycles. The third kappa shape index (κ3) is 2.23. The van der Waals surface area contributed by atoms with Crippen LogP contribution in [0.5, 0.6) is 0 Å². The zero-order valence-electron chi connectivity index (χ0n) is 10.7. The average molecular weight is 249 g/mol. The number of rotatable bonds is 2. The number of hydrogen-bond acceptors (Lipinski definition) is 2. The molecule has 2 nitrogen and oxygen atoms in total. The number of aromatic nitrogens is 1. The van der Waals surface area contributed by atoms with Crippen molar-refractivity contribution >= 4 is 10.9 Å². The van der Waals surface area contributed by atoms with E-state index in [9.17, 15) is 5.11 Å². The fourth-order valence-corrected chi connectivity index (χ4v) is 2.29. The molecule has 19 heavy (non-hydrogen) atoms. The third-order valence-corrected chi connectivity index (χ3v) is 3.37. The molecule has 1 N–H and O–H groups in total. The molecule has 1 atom stereocenters. The Hall–Kier alpha value is -2.19. The predicted molar refractivity (Wildman–Crippen MR) is 77.0 cm³/mol. The number of nitrogens with zero attached hydrogens (tertiary/aromatic N) is 1. The Morgan fingerprint density at radius 3 is 2.53 bits per heavy atom. The van der Waals surface area contributed by atoms with Crippen LogP contribution in [0.1, 0.15) is 22.8 Å². The zero-order chi connectivity index (χ0) is 13.2. The summed E-state index contributed by atoms with van der Waals surface area (Å²) in [6.07, 6.45) is 1.15. The summed E-state index contributed by atoms with van der Waals surface area (Å²) in [5.41, 5.74) is 3.90. The topological polar surface area (TPSA) is 33.1 Å². The first-order valence-electron chi connectivity index (χ1n) is 6.34. The number of benzene rings is 2. The van der Waals surface area contributed by atoms with Gasteiger partial charge in [-0.05, 0) is 30.2 Å². The van der Waals surface area contributed by atoms with Crippen molar-refractivity contribution in [3.05, 3.63) is 77.5 Å². The van der Waals surface area contributed by atoms with Gasteiger partial charge in [-0.25, -0.2) is 0 Å². The van der Waals surface area contributed by atoms with Crippen LogP contribution >= 0.6 is 0 Å². The van der Waals surface area contributed by atoms with E-state index in [-0.39, 0.29) is 0 Å². The molecule has 3 rings (SSSR count). The highest BCUT2D eigenvalue weighted by Gasteiger charge is 2.13. The van der Waals surface area contributed by atoms with Crippen molar-refractivity contribution in [2.75, 3.05) is 0 Å². The molecule has 1 aromatic heterocycles. The van der Waals surface area contributed by atoms with Gasteiger partial charge in [0.15, 0.2) is 0 Å². The van der Waals surface area contributed by atoms with Crippen molar-refractivity contribution in [2.24, 2.45) is 0 Å². The van der Waals surface area contributed by atoms with Gasteiger partial charge in [0, 0.05) is 11.6 Å². The Balaban J connectivity index is 2.11. The van der Waals surface area contributed by atoms with Gasteiger partial charge in [-0.3, -0.25) is 4.98 Å². The molecule has 0 spiro atoms. The molecule has 2 heteroatoms. The van der Waals surface area contributed by atoms with Gasteiger partial charge in [-0.2, -0.15) is 0 Å². The van der Waals surface area contributed by atoms with Gasteiger partial charge in [0.25, 0.3) is 0 Å². The van der Waals surface area contributed by atoms with Crippen LogP contribution in [0.2, 0.25) is 0 Å². The molecule has 0 amide bonds. The zero-order valence-corrected chi connectivity index (χ0v) is 10.7. The highest BCUT2D eigenvalue weighted by Crippen LogP contribution is 2.28. The van der Waals surface area contributed by atoms with Gasteiger partial charge in [-0.15, -0.1) is 0 Å². The molecule has 3 aromatic rings. The minimum atomic E-state index is -0.617. The summed E-state index contributed by atoms with van der Waals surface area (Å²) in [7, 11) is 0. The minimum Gasteiger partial charge on any atom is -0.384 e. The molecule has 0 aliphatic carbocycles. The number of aliphatic hydroxyl groups is 1. The summed E-state index contributed by atoms with van der Waals surface area (Å²) in [5.74, 6) is 0. The van der Waals surface area contributed by atoms with Crippen molar-refractivity contribution in [2.45, 2.75) is 13.0 Å². The van der Waals surface area contributed by atoms with E-state index in [4.69, 9.17) is 0 Å². The molecule has 0 radical (unpaired) electrons. The van der Waals surface area contributed by atoms with Gasteiger partial charge >= 0.3 is 0 Å². The molecule has 94 valence electrons. The Morgan fingerprint density at radius 2 is 1.74 bits per heavy atom. The Bertz CT molecular complexity index is 699. The summed E-state index contributed by atoms with van der Waals surface area (Å²) in [6, 6.07) is 17.7. The Morgan fingerprint density at radius 1 is 0.947 bits per heavy atom. The number of aliphatic hydroxyl groups excluding tert-OH is 1. The third-order valence-electron chi connectivity index (χ3n) is 3.37. The lowest BCUT2D eigenvalue weighted by atomic mass is 9.97. The first-order valence-corrected chi connectivity index (χ1v) is 6.34. The highest BCUT2D eigenvalue weighted by molar-refractivity contribution is 5.82. The predicted octanol–water partition coefficient (Wildman–Crippen LogP) is 3.62. The molecular formula is C17H15NO. The standard InChI is InChI=1S/C17H15NO/c1-12-7-9-13(10-8-12)17(19)15-4-2-6-16-14(15)5-3-11-18-16/h2-11,17,19H,1H3. The Labute approximate surface area is 112 Å². The SMILES string of the molecule is Cc1ccc(C(O)c2cccc3ncccc23)cc1. The van der Waals surface area contributed by atoms with Gasteiger partial charge in [0.2, 0.25) is 0 Å². The summed E-state index contributed by atoms with van der Waals surface area (Å²) in [5, 5.41) is 11.6. The number of aryl methyl sites for hydroxylation is 1. The summed E-state index contributed by atoms with van der Waals surface area (Å²) >= 11 is 0. The summed E-state index contributed by atoms with van der Waals surface area (Å²) in [6.45, 7) is 2.04. The fourth-order valence-electron chi connectivity index (χ4n) is 2.29. The van der Waals surface area contributed by atoms with Crippen molar-refractivity contribution in [3.63, 3.8) is 0 Å². The van der Waals surface area contributed by atoms with Gasteiger partial charge in [-0.1, -0.05) is 48.0 Å². The van der Waals surface area contributed by atoms with E-state index in [0.717, 1.165) is 22.0 Å². The monoisotopic (exact) mass is 249 g/mol. The molecule has 0 bridgehead atoms. The van der Waals surface area contributed by atoms with E-state index in [0.29, 0.717) is 0 Å². The second-order valence-corrected chi connectivity index (χ2v) is 4.73. The number of fused-ring (bicyclic) bond motifs is 1. The van der Waals surface area contributed by atoms with Crippen LogP contribution in [0, 0.1) is 6.92 Å². The van der Waals surface area contributed by atoms with Crippen molar-refractivity contribution in [1.82, 2.24) is 4.98 Å². The van der Waals surface area contributed by atoms with Crippen LogP contribution in [0.3, 0.4) is 0 Å². The second-order valence-electron chi connectivity index (χ2n) is 4.73. The number of pyridine rings is 1. The first-order chi connectivity index (χ1) is 9.25. The Kier molecular flexibility index (Phi) is 3.02. The normalized spacial score (nSPS) is 12.5. The molecule has 0 saturated heterocycles. The van der Waals surface area contributed by atoms with Gasteiger partial charge < -0.3 is 5.11 Å². The molecular weight excluding hydrogens is 234 g/mol. The highest BCUT2D eigenvalue weighted by atomic mass is 16.3. The molecule has 0 aliphatic heterocycles. The summed E-state index contributed by atoms with van der Waals surface area (Å²) < 4.78 is 0. The molecule has 0 aliphatic rings. The van der Waals surface area contributed by atoms with Crippen molar-refractivity contribution < 1.29 is 5.11 Å². The molecule has 0 fully saturated rings. The van der Waals surface area contributed by atoms with E-state index in [2.05, 4.69) is 4.98 Å². The van der Waals surface area contributed by atoms with Crippen LogP contribution in [-0.4, -0.2) is 10.1 Å². The summed E-state index contributed by atoms with van der Waals surface area (Å²) in [4.78, 5) is 4.32. The van der Waals surface area contributed by atoms with Crippen LogP contribution in [0.25, 0.3) is 10.9 Å². The minimum absolute atomic E-state index is 0.617. The second kappa shape index (κ2) is 4.82. The van der Waals surface area contributed by atoms with Crippen LogP contribution < -0.4 is 0 Å². The van der Waals surface area contributed by atoms with E-state index in [1.54, 1.807) is 6.20 Å². The van der Waals surface area contributed by atoms with Gasteiger partial charge in [0.05, 0.1) is 5.52 Å². The van der Waals surface area contributed by atoms with E-state index in [1.807, 2.05) is 61.5 Å². The molecule has 1 unspecified atom stereocenters. The van der Waals surface area contributed by atoms with Crippen LogP contribution in [0.15, 0.2) is 60.8 Å². The maximum Gasteiger partial charge on any atom is 0.105 e. The quantitative estimate of drug-likeness (QED) is 0.752. The van der Waals surface area contributed by atoms with Crippen LogP contribution in [0.4, 0.5) is 0 Å². The lowest BCUT2D eigenvalue weighted by Crippen LogP contribution is -2.00. The number of hydrogen-bond donors (Lipinski definition) is 1. The average Bonchev–Trinajstić information content (AvgIpc) is 2.47. The maximum atomic E-state index is 10.6.